The number of rotatable bonds is 6. The molecule has 0 bridgehead atoms. The van der Waals surface area contributed by atoms with Crippen molar-refractivity contribution >= 4 is 0 Å². The number of hydrogen-bond donors (Lipinski definition) is 1. The first kappa shape index (κ1) is 13.6. The van der Waals surface area contributed by atoms with E-state index < -0.39 is 0 Å². The molecule has 1 aromatic rings. The van der Waals surface area contributed by atoms with Crippen molar-refractivity contribution in [3.8, 4) is 0 Å². The van der Waals surface area contributed by atoms with Gasteiger partial charge in [0.15, 0.2) is 0 Å². The van der Waals surface area contributed by atoms with Gasteiger partial charge in [0.25, 0.3) is 0 Å². The molecule has 0 spiro atoms. The Balaban J connectivity index is 1.90. The Bertz CT molecular complexity index is 372. The van der Waals surface area contributed by atoms with Crippen LogP contribution in [0.5, 0.6) is 0 Å². The number of aryl methyl sites for hydroxylation is 1. The number of aromatic nitrogens is 2. The Labute approximate surface area is 110 Å². The molecule has 4 heteroatoms. The fraction of sp³-hybridized carbons (Fsp3) is 0.786. The van der Waals surface area contributed by atoms with Crippen molar-refractivity contribution < 1.29 is 0 Å². The quantitative estimate of drug-likeness (QED) is 0.833. The maximum atomic E-state index is 4.48. The Hall–Kier alpha value is -0.870. The van der Waals surface area contributed by atoms with Crippen LogP contribution >= 0.6 is 0 Å². The van der Waals surface area contributed by atoms with Crippen LogP contribution in [0.1, 0.15) is 31.0 Å². The van der Waals surface area contributed by atoms with Crippen molar-refractivity contribution in [1.82, 2.24) is 20.0 Å². The van der Waals surface area contributed by atoms with Crippen LogP contribution in [0.25, 0.3) is 0 Å². The minimum absolute atomic E-state index is 0.820. The van der Waals surface area contributed by atoms with E-state index in [4.69, 9.17) is 0 Å². The van der Waals surface area contributed by atoms with Gasteiger partial charge in [-0.15, -0.1) is 0 Å². The van der Waals surface area contributed by atoms with E-state index in [-0.39, 0.29) is 0 Å². The Kier molecular flexibility index (Phi) is 4.78. The number of hydrogen-bond acceptors (Lipinski definition) is 3. The first-order valence-corrected chi connectivity index (χ1v) is 7.12. The van der Waals surface area contributed by atoms with Crippen molar-refractivity contribution in [3.05, 3.63) is 17.5 Å². The summed E-state index contributed by atoms with van der Waals surface area (Å²) < 4.78 is 2.14. The van der Waals surface area contributed by atoms with E-state index in [1.165, 1.54) is 30.8 Å². The van der Waals surface area contributed by atoms with Gasteiger partial charge in [0.2, 0.25) is 0 Å². The summed E-state index contributed by atoms with van der Waals surface area (Å²) in [5.41, 5.74) is 2.74. The zero-order chi connectivity index (χ0) is 13.0. The summed E-state index contributed by atoms with van der Waals surface area (Å²) in [6.07, 6.45) is 4.52. The monoisotopic (exact) mass is 250 g/mol. The highest BCUT2D eigenvalue weighted by atomic mass is 15.3. The minimum Gasteiger partial charge on any atom is -0.319 e. The van der Waals surface area contributed by atoms with Gasteiger partial charge in [0.05, 0.1) is 6.20 Å². The zero-order valence-corrected chi connectivity index (χ0v) is 11.9. The summed E-state index contributed by atoms with van der Waals surface area (Å²) in [5.74, 6) is 0.820. The molecule has 102 valence electrons. The van der Waals surface area contributed by atoms with E-state index in [1.54, 1.807) is 0 Å². The van der Waals surface area contributed by atoms with Crippen LogP contribution < -0.4 is 5.32 Å². The number of nitrogens with one attached hydrogen (secondary N) is 1. The Morgan fingerprint density at radius 2 is 2.33 bits per heavy atom. The predicted octanol–water partition coefficient (Wildman–Crippen LogP) is 1.64. The lowest BCUT2D eigenvalue weighted by Crippen LogP contribution is -2.24. The van der Waals surface area contributed by atoms with Crippen molar-refractivity contribution in [2.24, 2.45) is 5.92 Å². The molecule has 1 aliphatic heterocycles. The molecule has 0 amide bonds. The zero-order valence-electron chi connectivity index (χ0n) is 11.9. The van der Waals surface area contributed by atoms with Crippen LogP contribution in [-0.4, -0.2) is 41.4 Å². The number of nitrogens with zero attached hydrogens (tertiary/aromatic N) is 3. The average molecular weight is 250 g/mol. The van der Waals surface area contributed by atoms with E-state index in [0.717, 1.165) is 32.0 Å². The molecule has 1 aliphatic rings. The van der Waals surface area contributed by atoms with Crippen molar-refractivity contribution in [3.63, 3.8) is 0 Å². The molecule has 1 unspecified atom stereocenters. The minimum atomic E-state index is 0.820. The second kappa shape index (κ2) is 6.34. The van der Waals surface area contributed by atoms with E-state index in [9.17, 15) is 0 Å². The lowest BCUT2D eigenvalue weighted by molar-refractivity contribution is 0.314. The van der Waals surface area contributed by atoms with Crippen LogP contribution in [0, 0.1) is 12.8 Å². The Morgan fingerprint density at radius 3 is 3.06 bits per heavy atom. The first-order valence-electron chi connectivity index (χ1n) is 7.12. The molecule has 1 fully saturated rings. The van der Waals surface area contributed by atoms with Gasteiger partial charge in [-0.1, -0.05) is 6.92 Å². The maximum Gasteiger partial charge on any atom is 0.0537 e. The molecular formula is C14H26N4. The standard InChI is InChI=1S/C14H26N4/c1-4-6-18-12(2)14(9-16-18)11-17-7-5-13(10-17)8-15-3/h9,13,15H,4-8,10-11H2,1-3H3. The highest BCUT2D eigenvalue weighted by molar-refractivity contribution is 5.16. The molecule has 18 heavy (non-hydrogen) atoms. The van der Waals surface area contributed by atoms with Crippen LogP contribution in [0.15, 0.2) is 6.20 Å². The summed E-state index contributed by atoms with van der Waals surface area (Å²) in [5, 5.41) is 7.76. The first-order chi connectivity index (χ1) is 8.74. The third-order valence-corrected chi connectivity index (χ3v) is 3.90. The van der Waals surface area contributed by atoms with Gasteiger partial charge in [-0.05, 0) is 45.8 Å². The van der Waals surface area contributed by atoms with E-state index in [1.807, 2.05) is 7.05 Å². The molecule has 1 aromatic heterocycles. The molecule has 2 rings (SSSR count). The van der Waals surface area contributed by atoms with Gasteiger partial charge < -0.3 is 5.32 Å². The fourth-order valence-electron chi connectivity index (χ4n) is 2.83. The predicted molar refractivity (Wildman–Crippen MR) is 74.6 cm³/mol. The van der Waals surface area contributed by atoms with Crippen LogP contribution in [0.3, 0.4) is 0 Å². The SMILES string of the molecule is CCCn1ncc(CN2CCC(CNC)C2)c1C. The third-order valence-electron chi connectivity index (χ3n) is 3.90. The van der Waals surface area contributed by atoms with Gasteiger partial charge in [-0.2, -0.15) is 5.10 Å². The molecule has 0 radical (unpaired) electrons. The third kappa shape index (κ3) is 3.12. The summed E-state index contributed by atoms with van der Waals surface area (Å²) >= 11 is 0. The molecule has 0 aliphatic carbocycles. The second-order valence-corrected chi connectivity index (χ2v) is 5.43. The average Bonchev–Trinajstić information content (AvgIpc) is 2.92. The van der Waals surface area contributed by atoms with Crippen LogP contribution in [-0.2, 0) is 13.1 Å². The molecule has 0 aromatic carbocycles. The molecule has 0 saturated carbocycles. The summed E-state index contributed by atoms with van der Waals surface area (Å²) in [4.78, 5) is 2.56. The Morgan fingerprint density at radius 1 is 1.50 bits per heavy atom. The van der Waals surface area contributed by atoms with Gasteiger partial charge in [-0.3, -0.25) is 9.58 Å². The fourth-order valence-corrected chi connectivity index (χ4v) is 2.83. The number of likely N-dealkylation sites (tertiary alicyclic amines) is 1. The lowest BCUT2D eigenvalue weighted by Gasteiger charge is -2.15. The molecule has 1 N–H and O–H groups in total. The van der Waals surface area contributed by atoms with Crippen molar-refractivity contribution in [2.45, 2.75) is 39.8 Å². The van der Waals surface area contributed by atoms with Gasteiger partial charge in [-0.25, -0.2) is 0 Å². The topological polar surface area (TPSA) is 33.1 Å². The summed E-state index contributed by atoms with van der Waals surface area (Å²) in [6, 6.07) is 0. The van der Waals surface area contributed by atoms with Gasteiger partial charge in [0, 0.05) is 30.9 Å². The molecule has 4 nitrogen and oxygen atoms in total. The van der Waals surface area contributed by atoms with Crippen molar-refractivity contribution in [1.29, 1.82) is 0 Å². The van der Waals surface area contributed by atoms with Crippen molar-refractivity contribution in [2.75, 3.05) is 26.7 Å². The lowest BCUT2D eigenvalue weighted by atomic mass is 10.1. The van der Waals surface area contributed by atoms with Gasteiger partial charge in [0.1, 0.15) is 0 Å². The molecule has 1 atom stereocenters. The molecule has 2 heterocycles. The highest BCUT2D eigenvalue weighted by Gasteiger charge is 2.22. The summed E-state index contributed by atoms with van der Waals surface area (Å²) in [7, 11) is 2.04. The second-order valence-electron chi connectivity index (χ2n) is 5.43. The van der Waals surface area contributed by atoms with E-state index >= 15 is 0 Å². The summed E-state index contributed by atoms with van der Waals surface area (Å²) in [6.45, 7) is 10.1. The van der Waals surface area contributed by atoms with Crippen LogP contribution in [0.2, 0.25) is 0 Å². The van der Waals surface area contributed by atoms with Crippen LogP contribution in [0.4, 0.5) is 0 Å². The van der Waals surface area contributed by atoms with E-state index in [2.05, 4.69) is 40.0 Å². The highest BCUT2D eigenvalue weighted by Crippen LogP contribution is 2.19. The smallest absolute Gasteiger partial charge is 0.0537 e. The maximum absolute atomic E-state index is 4.48. The largest absolute Gasteiger partial charge is 0.319 e. The molecule has 1 saturated heterocycles. The molecular weight excluding hydrogens is 224 g/mol. The normalized spacial score (nSPS) is 20.7. The van der Waals surface area contributed by atoms with E-state index in [0.29, 0.717) is 0 Å². The van der Waals surface area contributed by atoms with Gasteiger partial charge >= 0.3 is 0 Å².